The van der Waals surface area contributed by atoms with Crippen LogP contribution in [0.4, 0.5) is 10.5 Å². The molecular formula is C21H29N3O2. The van der Waals surface area contributed by atoms with E-state index >= 15 is 0 Å². The summed E-state index contributed by atoms with van der Waals surface area (Å²) in [7, 11) is 0. The van der Waals surface area contributed by atoms with Crippen LogP contribution in [0.15, 0.2) is 24.3 Å². The van der Waals surface area contributed by atoms with Gasteiger partial charge in [-0.1, -0.05) is 19.1 Å². The average molecular weight is 355 g/mol. The summed E-state index contributed by atoms with van der Waals surface area (Å²) in [5.74, 6) is 1.01. The van der Waals surface area contributed by atoms with E-state index in [1.807, 2.05) is 29.2 Å². The number of piperidine rings is 1. The van der Waals surface area contributed by atoms with Crippen molar-refractivity contribution in [2.24, 2.45) is 11.3 Å². The molecule has 1 spiro atoms. The number of anilines is 1. The van der Waals surface area contributed by atoms with E-state index in [4.69, 9.17) is 0 Å². The molecule has 2 saturated heterocycles. The topological polar surface area (TPSA) is 52.7 Å². The summed E-state index contributed by atoms with van der Waals surface area (Å²) < 4.78 is 0. The number of hydrogen-bond donors (Lipinski definition) is 1. The van der Waals surface area contributed by atoms with Crippen molar-refractivity contribution in [2.45, 2.75) is 45.4 Å². The summed E-state index contributed by atoms with van der Waals surface area (Å²) in [5.41, 5.74) is 1.74. The molecule has 26 heavy (non-hydrogen) atoms. The van der Waals surface area contributed by atoms with Gasteiger partial charge in [0.2, 0.25) is 5.91 Å². The van der Waals surface area contributed by atoms with Crippen molar-refractivity contribution < 1.29 is 9.59 Å². The second-order valence-corrected chi connectivity index (χ2v) is 8.23. The second kappa shape index (κ2) is 6.93. The van der Waals surface area contributed by atoms with Crippen LogP contribution < -0.4 is 5.32 Å². The van der Waals surface area contributed by atoms with Crippen LogP contribution in [0.2, 0.25) is 0 Å². The van der Waals surface area contributed by atoms with Crippen LogP contribution in [0.3, 0.4) is 0 Å². The van der Waals surface area contributed by atoms with Crippen molar-refractivity contribution in [1.82, 2.24) is 9.80 Å². The number of benzene rings is 1. The van der Waals surface area contributed by atoms with Crippen LogP contribution in [0.5, 0.6) is 0 Å². The van der Waals surface area contributed by atoms with Gasteiger partial charge in [-0.15, -0.1) is 0 Å². The minimum Gasteiger partial charge on any atom is -0.342 e. The highest BCUT2D eigenvalue weighted by atomic mass is 16.2. The fourth-order valence-electron chi connectivity index (χ4n) is 4.39. The minimum absolute atomic E-state index is 0.0850. The first-order valence-corrected chi connectivity index (χ1v) is 10.0. The van der Waals surface area contributed by atoms with E-state index in [0.29, 0.717) is 19.0 Å². The molecule has 3 amide bonds. The van der Waals surface area contributed by atoms with Crippen LogP contribution in [-0.4, -0.2) is 47.9 Å². The molecule has 5 heteroatoms. The fourth-order valence-corrected chi connectivity index (χ4v) is 4.39. The molecule has 1 aromatic rings. The van der Waals surface area contributed by atoms with Crippen molar-refractivity contribution in [1.29, 1.82) is 0 Å². The number of aryl methyl sites for hydroxylation is 1. The number of urea groups is 1. The molecule has 0 aromatic heterocycles. The Morgan fingerprint density at radius 3 is 2.65 bits per heavy atom. The molecular weight excluding hydrogens is 326 g/mol. The molecule has 0 radical (unpaired) electrons. The molecule has 1 aliphatic carbocycles. The zero-order valence-corrected chi connectivity index (χ0v) is 15.7. The maximum atomic E-state index is 13.1. The first kappa shape index (κ1) is 17.4. The lowest BCUT2D eigenvalue weighted by Gasteiger charge is -2.39. The number of carbonyl (C=O) groups excluding carboxylic acids is 2. The normalized spacial score (nSPS) is 25.8. The van der Waals surface area contributed by atoms with Crippen molar-refractivity contribution >= 4 is 17.6 Å². The SMILES string of the molecule is CCc1ccc(NC(=O)N2CCC3(CCCN(CC4CC4)C3=O)C2)cc1. The predicted molar refractivity (Wildman–Crippen MR) is 102 cm³/mol. The molecule has 1 unspecified atom stereocenters. The first-order valence-electron chi connectivity index (χ1n) is 10.0. The number of likely N-dealkylation sites (tertiary alicyclic amines) is 2. The number of carbonyl (C=O) groups is 2. The van der Waals surface area contributed by atoms with E-state index in [9.17, 15) is 9.59 Å². The third kappa shape index (κ3) is 3.44. The van der Waals surface area contributed by atoms with Gasteiger partial charge in [-0.3, -0.25) is 4.79 Å². The molecule has 3 aliphatic rings. The van der Waals surface area contributed by atoms with Gasteiger partial charge in [0.1, 0.15) is 0 Å². The predicted octanol–water partition coefficient (Wildman–Crippen LogP) is 3.51. The largest absolute Gasteiger partial charge is 0.342 e. The highest BCUT2D eigenvalue weighted by Gasteiger charge is 2.49. The Hall–Kier alpha value is -2.04. The Bertz CT molecular complexity index is 683. The summed E-state index contributed by atoms with van der Waals surface area (Å²) in [6.45, 7) is 5.17. The molecule has 1 saturated carbocycles. The lowest BCUT2D eigenvalue weighted by molar-refractivity contribution is -0.145. The molecule has 3 fully saturated rings. The van der Waals surface area contributed by atoms with Gasteiger partial charge in [0.25, 0.3) is 0 Å². The second-order valence-electron chi connectivity index (χ2n) is 8.23. The lowest BCUT2D eigenvalue weighted by Crippen LogP contribution is -2.51. The maximum Gasteiger partial charge on any atom is 0.321 e. The van der Waals surface area contributed by atoms with Crippen LogP contribution in [0.1, 0.15) is 44.6 Å². The minimum atomic E-state index is -0.337. The Kier molecular flexibility index (Phi) is 4.63. The number of rotatable bonds is 4. The highest BCUT2D eigenvalue weighted by Crippen LogP contribution is 2.41. The van der Waals surface area contributed by atoms with E-state index in [-0.39, 0.29) is 11.4 Å². The molecule has 140 valence electrons. The Morgan fingerprint density at radius 1 is 1.19 bits per heavy atom. The van der Waals surface area contributed by atoms with E-state index in [2.05, 4.69) is 17.1 Å². The molecule has 2 aliphatic heterocycles. The summed E-state index contributed by atoms with van der Waals surface area (Å²) in [6, 6.07) is 7.90. The van der Waals surface area contributed by atoms with Crippen molar-refractivity contribution in [3.63, 3.8) is 0 Å². The Morgan fingerprint density at radius 2 is 1.96 bits per heavy atom. The molecule has 1 aromatic carbocycles. The van der Waals surface area contributed by atoms with Crippen LogP contribution in [-0.2, 0) is 11.2 Å². The zero-order chi connectivity index (χ0) is 18.1. The first-order chi connectivity index (χ1) is 12.6. The smallest absolute Gasteiger partial charge is 0.321 e. The number of nitrogens with one attached hydrogen (secondary N) is 1. The van der Waals surface area contributed by atoms with E-state index in [1.54, 1.807) is 0 Å². The van der Waals surface area contributed by atoms with Gasteiger partial charge in [-0.2, -0.15) is 0 Å². The zero-order valence-electron chi connectivity index (χ0n) is 15.7. The maximum absolute atomic E-state index is 13.1. The molecule has 5 nitrogen and oxygen atoms in total. The van der Waals surface area contributed by atoms with Crippen LogP contribution in [0, 0.1) is 11.3 Å². The Labute approximate surface area is 155 Å². The van der Waals surface area contributed by atoms with Gasteiger partial charge < -0.3 is 15.1 Å². The standard InChI is InChI=1S/C21H29N3O2/c1-2-16-6-8-18(9-7-16)22-20(26)24-13-11-21(15-24)10-3-12-23(19(21)25)14-17-4-5-17/h6-9,17H,2-5,10-15H2,1H3,(H,22,26). The monoisotopic (exact) mass is 355 g/mol. The summed E-state index contributed by atoms with van der Waals surface area (Å²) in [6.07, 6.45) is 6.30. The average Bonchev–Trinajstić information content (AvgIpc) is 3.37. The van der Waals surface area contributed by atoms with Crippen LogP contribution >= 0.6 is 0 Å². The van der Waals surface area contributed by atoms with Gasteiger partial charge in [0, 0.05) is 31.9 Å². The van der Waals surface area contributed by atoms with Crippen LogP contribution in [0.25, 0.3) is 0 Å². The van der Waals surface area contributed by atoms with Gasteiger partial charge in [-0.25, -0.2) is 4.79 Å². The quantitative estimate of drug-likeness (QED) is 0.899. The summed E-state index contributed by atoms with van der Waals surface area (Å²) in [4.78, 5) is 29.6. The van der Waals surface area contributed by atoms with Crippen molar-refractivity contribution in [3.8, 4) is 0 Å². The molecule has 0 bridgehead atoms. The van der Waals surface area contributed by atoms with Gasteiger partial charge >= 0.3 is 6.03 Å². The molecule has 1 N–H and O–H groups in total. The highest BCUT2D eigenvalue weighted by molar-refractivity contribution is 5.91. The van der Waals surface area contributed by atoms with E-state index in [0.717, 1.165) is 50.4 Å². The molecule has 2 heterocycles. The number of nitrogens with zero attached hydrogens (tertiary/aromatic N) is 2. The van der Waals surface area contributed by atoms with E-state index < -0.39 is 0 Å². The molecule has 4 rings (SSSR count). The third-order valence-electron chi connectivity index (χ3n) is 6.25. The summed E-state index contributed by atoms with van der Waals surface area (Å²) in [5, 5.41) is 2.99. The lowest BCUT2D eigenvalue weighted by atomic mass is 9.78. The molecule has 1 atom stereocenters. The summed E-state index contributed by atoms with van der Waals surface area (Å²) >= 11 is 0. The van der Waals surface area contributed by atoms with E-state index in [1.165, 1.54) is 18.4 Å². The van der Waals surface area contributed by atoms with Crippen molar-refractivity contribution in [2.75, 3.05) is 31.5 Å². The van der Waals surface area contributed by atoms with Crippen molar-refractivity contribution in [3.05, 3.63) is 29.8 Å². The Balaban J connectivity index is 1.38. The number of amides is 3. The third-order valence-corrected chi connectivity index (χ3v) is 6.25. The van der Waals surface area contributed by atoms with Gasteiger partial charge in [0.05, 0.1) is 5.41 Å². The van der Waals surface area contributed by atoms with Gasteiger partial charge in [-0.05, 0) is 62.1 Å². The fraction of sp³-hybridized carbons (Fsp3) is 0.619. The van der Waals surface area contributed by atoms with Gasteiger partial charge in [0.15, 0.2) is 0 Å². The number of hydrogen-bond acceptors (Lipinski definition) is 2.